The molecule has 2 N–H and O–H groups in total. The number of nitrogens with one attached hydrogen (secondary N) is 2. The van der Waals surface area contributed by atoms with E-state index in [1.165, 1.54) is 0 Å². The van der Waals surface area contributed by atoms with Crippen molar-refractivity contribution in [2.24, 2.45) is 5.92 Å². The number of amides is 2. The zero-order valence-corrected chi connectivity index (χ0v) is 16.3. The Bertz CT molecular complexity index is 608. The third-order valence-electron chi connectivity index (χ3n) is 4.19. The fourth-order valence-electron chi connectivity index (χ4n) is 3.09. The summed E-state index contributed by atoms with van der Waals surface area (Å²) in [5, 5.41) is 5.94. The largest absolute Gasteiger partial charge is 0.494 e. The van der Waals surface area contributed by atoms with Crippen LogP contribution in [0.25, 0.3) is 0 Å². The number of hydrogen-bond acceptors (Lipinski definition) is 4. The number of benzene rings is 1. The van der Waals surface area contributed by atoms with Gasteiger partial charge in [-0.2, -0.15) is 0 Å². The van der Waals surface area contributed by atoms with E-state index < -0.39 is 0 Å². The topological polar surface area (TPSA) is 70.7 Å². The van der Waals surface area contributed by atoms with Crippen molar-refractivity contribution in [2.75, 3.05) is 31.6 Å². The molecule has 1 unspecified atom stereocenters. The lowest BCUT2D eigenvalue weighted by atomic mass is 9.95. The van der Waals surface area contributed by atoms with E-state index >= 15 is 0 Å². The predicted octanol–water partition coefficient (Wildman–Crippen LogP) is 2.65. The Kier molecular flexibility index (Phi) is 7.03. The average Bonchev–Trinajstić information content (AvgIpc) is 2.55. The van der Waals surface area contributed by atoms with Gasteiger partial charge in [0.05, 0.1) is 19.1 Å². The Labute approximate surface area is 156 Å². The van der Waals surface area contributed by atoms with Crippen LogP contribution in [0.2, 0.25) is 0 Å². The van der Waals surface area contributed by atoms with Gasteiger partial charge in [0.25, 0.3) is 0 Å². The third-order valence-corrected chi connectivity index (χ3v) is 4.19. The second kappa shape index (κ2) is 9.03. The highest BCUT2D eigenvalue weighted by molar-refractivity contribution is 5.92. The molecule has 0 aliphatic carbocycles. The Balaban J connectivity index is 1.83. The highest BCUT2D eigenvalue weighted by Crippen LogP contribution is 2.19. The van der Waals surface area contributed by atoms with Crippen LogP contribution >= 0.6 is 0 Å². The van der Waals surface area contributed by atoms with Crippen molar-refractivity contribution in [3.05, 3.63) is 24.3 Å². The molecule has 2 rings (SSSR count). The van der Waals surface area contributed by atoms with Gasteiger partial charge in [-0.25, -0.2) is 0 Å². The number of carbonyl (C=O) groups excluding carboxylic acids is 2. The molecule has 6 heteroatoms. The van der Waals surface area contributed by atoms with Crippen molar-refractivity contribution in [3.8, 4) is 5.75 Å². The maximum atomic E-state index is 12.4. The highest BCUT2D eigenvalue weighted by atomic mass is 16.5. The van der Waals surface area contributed by atoms with Gasteiger partial charge < -0.3 is 15.4 Å². The van der Waals surface area contributed by atoms with Crippen molar-refractivity contribution >= 4 is 17.5 Å². The summed E-state index contributed by atoms with van der Waals surface area (Å²) in [7, 11) is 0. The first-order valence-corrected chi connectivity index (χ1v) is 9.34. The van der Waals surface area contributed by atoms with E-state index in [0.29, 0.717) is 19.7 Å². The van der Waals surface area contributed by atoms with Crippen molar-refractivity contribution in [3.63, 3.8) is 0 Å². The van der Waals surface area contributed by atoms with E-state index in [2.05, 4.69) is 15.5 Å². The van der Waals surface area contributed by atoms with Gasteiger partial charge in [-0.05, 0) is 71.3 Å². The van der Waals surface area contributed by atoms with Crippen LogP contribution in [-0.4, -0.2) is 48.5 Å². The molecule has 1 heterocycles. The summed E-state index contributed by atoms with van der Waals surface area (Å²) in [4.78, 5) is 26.7. The summed E-state index contributed by atoms with van der Waals surface area (Å²) in [5.74, 6) is 0.746. The van der Waals surface area contributed by atoms with Crippen LogP contribution in [-0.2, 0) is 9.59 Å². The fraction of sp³-hybridized carbons (Fsp3) is 0.600. The van der Waals surface area contributed by atoms with Gasteiger partial charge in [-0.15, -0.1) is 0 Å². The van der Waals surface area contributed by atoms with Crippen LogP contribution in [0.5, 0.6) is 5.75 Å². The minimum atomic E-state index is -0.232. The van der Waals surface area contributed by atoms with Gasteiger partial charge in [-0.1, -0.05) is 0 Å². The molecule has 1 aromatic rings. The first-order chi connectivity index (χ1) is 12.3. The summed E-state index contributed by atoms with van der Waals surface area (Å²) in [6, 6.07) is 7.34. The zero-order chi connectivity index (χ0) is 19.2. The van der Waals surface area contributed by atoms with Gasteiger partial charge in [0.2, 0.25) is 11.8 Å². The lowest BCUT2D eigenvalue weighted by Gasteiger charge is -2.33. The second-order valence-electron chi connectivity index (χ2n) is 7.82. The van der Waals surface area contributed by atoms with Crippen molar-refractivity contribution in [1.29, 1.82) is 0 Å². The van der Waals surface area contributed by atoms with E-state index in [4.69, 9.17) is 4.74 Å². The van der Waals surface area contributed by atoms with Crippen molar-refractivity contribution < 1.29 is 14.3 Å². The molecule has 0 radical (unpaired) electrons. The molecule has 0 aromatic heterocycles. The molecule has 6 nitrogen and oxygen atoms in total. The molecule has 1 aliphatic rings. The van der Waals surface area contributed by atoms with Gasteiger partial charge >= 0.3 is 0 Å². The highest BCUT2D eigenvalue weighted by Gasteiger charge is 2.28. The number of nitrogens with zero attached hydrogens (tertiary/aromatic N) is 1. The SMILES string of the molecule is CCOc1ccc(NC(=O)CN2CCCC(C(=O)NC(C)(C)C)C2)cc1. The summed E-state index contributed by atoms with van der Waals surface area (Å²) in [6.07, 6.45) is 1.80. The van der Waals surface area contributed by atoms with Gasteiger partial charge in [0.1, 0.15) is 5.75 Å². The summed E-state index contributed by atoms with van der Waals surface area (Å²) >= 11 is 0. The zero-order valence-electron chi connectivity index (χ0n) is 16.3. The van der Waals surface area contributed by atoms with E-state index in [0.717, 1.165) is 30.8 Å². The van der Waals surface area contributed by atoms with Gasteiger partial charge in [-0.3, -0.25) is 14.5 Å². The normalized spacial score (nSPS) is 18.2. The monoisotopic (exact) mass is 361 g/mol. The van der Waals surface area contributed by atoms with E-state index in [-0.39, 0.29) is 23.3 Å². The molecule has 2 amide bonds. The van der Waals surface area contributed by atoms with E-state index in [9.17, 15) is 9.59 Å². The molecular weight excluding hydrogens is 330 g/mol. The minimum absolute atomic E-state index is 0.0544. The number of carbonyl (C=O) groups is 2. The molecule has 1 aliphatic heterocycles. The third kappa shape index (κ3) is 6.67. The number of rotatable bonds is 6. The number of hydrogen-bond donors (Lipinski definition) is 2. The van der Waals surface area contributed by atoms with E-state index in [1.807, 2.05) is 52.0 Å². The molecule has 1 atom stereocenters. The standard InChI is InChI=1S/C20H31N3O3/c1-5-26-17-10-8-16(9-11-17)21-18(24)14-23-12-6-7-15(13-23)19(25)22-20(2,3)4/h8-11,15H,5-7,12-14H2,1-4H3,(H,21,24)(H,22,25). The summed E-state index contributed by atoms with van der Waals surface area (Å²) in [6.45, 7) is 10.3. The first kappa shape index (κ1) is 20.2. The summed E-state index contributed by atoms with van der Waals surface area (Å²) < 4.78 is 5.40. The quantitative estimate of drug-likeness (QED) is 0.817. The maximum Gasteiger partial charge on any atom is 0.238 e. The average molecular weight is 361 g/mol. The predicted molar refractivity (Wildman–Crippen MR) is 103 cm³/mol. The smallest absolute Gasteiger partial charge is 0.238 e. The lowest BCUT2D eigenvalue weighted by Crippen LogP contribution is -2.49. The van der Waals surface area contributed by atoms with Crippen LogP contribution in [0, 0.1) is 5.92 Å². The Morgan fingerprint density at radius 2 is 1.92 bits per heavy atom. The van der Waals surface area contributed by atoms with Crippen LogP contribution in [0.4, 0.5) is 5.69 Å². The Morgan fingerprint density at radius 1 is 1.23 bits per heavy atom. The van der Waals surface area contributed by atoms with Crippen LogP contribution in [0.15, 0.2) is 24.3 Å². The number of likely N-dealkylation sites (tertiary alicyclic amines) is 1. The van der Waals surface area contributed by atoms with Gasteiger partial charge in [0.15, 0.2) is 0 Å². The van der Waals surface area contributed by atoms with Gasteiger partial charge in [0, 0.05) is 17.8 Å². The fourth-order valence-corrected chi connectivity index (χ4v) is 3.09. The Morgan fingerprint density at radius 3 is 2.54 bits per heavy atom. The van der Waals surface area contributed by atoms with Crippen LogP contribution in [0.1, 0.15) is 40.5 Å². The first-order valence-electron chi connectivity index (χ1n) is 9.34. The molecule has 144 valence electrons. The number of ether oxygens (including phenoxy) is 1. The van der Waals surface area contributed by atoms with Crippen LogP contribution < -0.4 is 15.4 Å². The minimum Gasteiger partial charge on any atom is -0.494 e. The molecule has 26 heavy (non-hydrogen) atoms. The van der Waals surface area contributed by atoms with Crippen LogP contribution in [0.3, 0.4) is 0 Å². The van der Waals surface area contributed by atoms with Crippen molar-refractivity contribution in [2.45, 2.75) is 46.1 Å². The van der Waals surface area contributed by atoms with Crippen molar-refractivity contribution in [1.82, 2.24) is 10.2 Å². The van der Waals surface area contributed by atoms with E-state index in [1.54, 1.807) is 0 Å². The second-order valence-corrected chi connectivity index (χ2v) is 7.82. The maximum absolute atomic E-state index is 12.4. The molecule has 0 bridgehead atoms. The number of anilines is 1. The molecule has 1 fully saturated rings. The molecule has 1 aromatic carbocycles. The molecule has 1 saturated heterocycles. The summed E-state index contributed by atoms with van der Waals surface area (Å²) in [5.41, 5.74) is 0.516. The molecule has 0 saturated carbocycles. The molecular formula is C20H31N3O3. The number of piperidine rings is 1. The molecule has 0 spiro atoms. The Hall–Kier alpha value is -2.08. The lowest BCUT2D eigenvalue weighted by molar-refractivity contribution is -0.129.